The number of hydrogen-bond donors (Lipinski definition) is 1. The van der Waals surface area contributed by atoms with Crippen molar-refractivity contribution in [1.29, 1.82) is 0 Å². The van der Waals surface area contributed by atoms with Crippen LogP contribution in [0.4, 0.5) is 22.0 Å². The Labute approximate surface area is 174 Å². The number of hydrogen-bond acceptors (Lipinski definition) is 5. The van der Waals surface area contributed by atoms with Crippen molar-refractivity contribution in [2.45, 2.75) is 43.4 Å². The minimum atomic E-state index is -5.08. The van der Waals surface area contributed by atoms with Crippen molar-refractivity contribution in [3.05, 3.63) is 17.7 Å². The van der Waals surface area contributed by atoms with Crippen LogP contribution >= 0.6 is 0 Å². The van der Waals surface area contributed by atoms with Gasteiger partial charge in [-0.3, -0.25) is 9.69 Å². The van der Waals surface area contributed by atoms with Crippen molar-refractivity contribution in [2.24, 2.45) is 7.05 Å². The lowest BCUT2D eigenvalue weighted by Crippen LogP contribution is -2.60. The van der Waals surface area contributed by atoms with Gasteiger partial charge in [0.25, 0.3) is 5.92 Å². The molecule has 1 aromatic rings. The van der Waals surface area contributed by atoms with Gasteiger partial charge in [0.2, 0.25) is 5.91 Å². The number of likely N-dealkylation sites (tertiary alicyclic amines) is 1. The highest BCUT2D eigenvalue weighted by molar-refractivity contribution is 5.85. The van der Waals surface area contributed by atoms with Crippen molar-refractivity contribution in [1.82, 2.24) is 19.4 Å². The molecule has 2 saturated heterocycles. The van der Waals surface area contributed by atoms with Crippen molar-refractivity contribution in [3.63, 3.8) is 0 Å². The van der Waals surface area contributed by atoms with Gasteiger partial charge in [0.05, 0.1) is 36.7 Å². The first-order chi connectivity index (χ1) is 14.4. The van der Waals surface area contributed by atoms with E-state index < -0.39 is 37.1 Å². The average molecular weight is 454 g/mol. The number of carbonyl (C=O) groups excluding carboxylic acids is 1. The molecular weight excluding hydrogens is 431 g/mol. The smallest absolute Gasteiger partial charge is 0.475 e. The third-order valence-electron chi connectivity index (χ3n) is 5.57. The maximum atomic E-state index is 13.2. The van der Waals surface area contributed by atoms with Crippen molar-refractivity contribution in [3.8, 4) is 0 Å². The van der Waals surface area contributed by atoms with Crippen LogP contribution in [0.2, 0.25) is 0 Å². The molecule has 0 spiro atoms. The fourth-order valence-electron chi connectivity index (χ4n) is 4.05. The van der Waals surface area contributed by atoms with Crippen LogP contribution in [-0.4, -0.2) is 87.3 Å². The molecule has 1 amide bonds. The van der Waals surface area contributed by atoms with E-state index >= 15 is 0 Å². The largest absolute Gasteiger partial charge is 0.490 e. The highest BCUT2D eigenvalue weighted by atomic mass is 19.4. The highest BCUT2D eigenvalue weighted by Gasteiger charge is 2.49. The Kier molecular flexibility index (Phi) is 6.56. The zero-order valence-corrected chi connectivity index (χ0v) is 16.7. The summed E-state index contributed by atoms with van der Waals surface area (Å²) in [5.41, 5.74) is 1.76. The number of amides is 1. The van der Waals surface area contributed by atoms with Crippen LogP contribution in [0, 0.1) is 0 Å². The number of aromatic nitrogens is 2. The number of ether oxygens (including phenoxy) is 1. The van der Waals surface area contributed by atoms with E-state index in [4.69, 9.17) is 14.6 Å². The lowest BCUT2D eigenvalue weighted by Gasteiger charge is -2.44. The van der Waals surface area contributed by atoms with Gasteiger partial charge < -0.3 is 19.3 Å². The van der Waals surface area contributed by atoms with E-state index in [1.807, 2.05) is 11.6 Å². The Morgan fingerprint density at radius 2 is 1.81 bits per heavy atom. The van der Waals surface area contributed by atoms with E-state index in [-0.39, 0.29) is 5.91 Å². The monoisotopic (exact) mass is 454 g/mol. The minimum absolute atomic E-state index is 0.206. The second-order valence-corrected chi connectivity index (χ2v) is 7.87. The summed E-state index contributed by atoms with van der Waals surface area (Å²) in [5, 5.41) is 7.12. The summed E-state index contributed by atoms with van der Waals surface area (Å²) >= 11 is 0. The van der Waals surface area contributed by atoms with E-state index in [9.17, 15) is 26.7 Å². The Balaban J connectivity index is 0.000000339. The summed E-state index contributed by atoms with van der Waals surface area (Å²) in [6.45, 7) is 1.80. The number of alkyl halides is 5. The summed E-state index contributed by atoms with van der Waals surface area (Å²) in [5.74, 6) is -6.12. The minimum Gasteiger partial charge on any atom is -0.475 e. The molecular formula is C18H23F5N4O4. The Hall–Kier alpha value is -2.28. The number of carbonyl (C=O) groups is 2. The number of aryl methyl sites for hydroxylation is 1. The molecule has 0 aliphatic carbocycles. The first-order valence-electron chi connectivity index (χ1n) is 9.67. The van der Waals surface area contributed by atoms with Gasteiger partial charge in [0, 0.05) is 39.4 Å². The second kappa shape index (κ2) is 8.69. The SMILES string of the molecule is Cn1cnc2c1C(C(=O)N1CC(F)(F)C1)CN(C1CCOCC1)C2.O=C(O)C(F)(F)F. The molecule has 8 nitrogen and oxygen atoms in total. The lowest BCUT2D eigenvalue weighted by molar-refractivity contribution is -0.192. The maximum Gasteiger partial charge on any atom is 0.490 e. The van der Waals surface area contributed by atoms with Gasteiger partial charge in [-0.05, 0) is 12.8 Å². The number of carboxylic acids is 1. The average Bonchev–Trinajstić information content (AvgIpc) is 3.06. The van der Waals surface area contributed by atoms with Crippen LogP contribution in [0.5, 0.6) is 0 Å². The normalized spacial score (nSPS) is 23.9. The molecule has 4 rings (SSSR count). The zero-order valence-electron chi connectivity index (χ0n) is 16.7. The van der Waals surface area contributed by atoms with Crippen LogP contribution in [-0.2, 0) is 27.9 Å². The predicted octanol–water partition coefficient (Wildman–Crippen LogP) is 1.61. The second-order valence-electron chi connectivity index (χ2n) is 7.87. The Morgan fingerprint density at radius 3 is 2.32 bits per heavy atom. The molecule has 4 heterocycles. The van der Waals surface area contributed by atoms with Crippen LogP contribution in [0.15, 0.2) is 6.33 Å². The molecule has 0 radical (unpaired) electrons. The van der Waals surface area contributed by atoms with E-state index in [0.717, 1.165) is 37.4 Å². The fourth-order valence-corrected chi connectivity index (χ4v) is 4.05. The van der Waals surface area contributed by atoms with Crippen LogP contribution in [0.1, 0.15) is 30.1 Å². The van der Waals surface area contributed by atoms with E-state index in [0.29, 0.717) is 19.1 Å². The van der Waals surface area contributed by atoms with Gasteiger partial charge in [-0.15, -0.1) is 0 Å². The summed E-state index contributed by atoms with van der Waals surface area (Å²) in [4.78, 5) is 29.7. The summed E-state index contributed by atoms with van der Waals surface area (Å²) in [7, 11) is 1.86. The number of rotatable bonds is 2. The molecule has 2 fully saturated rings. The molecule has 31 heavy (non-hydrogen) atoms. The number of aliphatic carboxylic acids is 1. The highest BCUT2D eigenvalue weighted by Crippen LogP contribution is 2.35. The molecule has 13 heteroatoms. The molecule has 3 aliphatic rings. The third kappa shape index (κ3) is 5.32. The van der Waals surface area contributed by atoms with Crippen LogP contribution in [0.25, 0.3) is 0 Å². The van der Waals surface area contributed by atoms with Crippen LogP contribution in [0.3, 0.4) is 0 Å². The number of halogens is 5. The van der Waals surface area contributed by atoms with Gasteiger partial charge in [-0.2, -0.15) is 13.2 Å². The molecule has 1 unspecified atom stereocenters. The molecule has 0 saturated carbocycles. The Bertz CT molecular complexity index is 814. The molecule has 0 aromatic carbocycles. The van der Waals surface area contributed by atoms with Gasteiger partial charge >= 0.3 is 12.1 Å². The standard InChI is InChI=1S/C16H22F2N4O2.C2HF3O2/c1-20-10-19-13-7-21(11-2-4-24-5-3-11)6-12(14(13)20)15(23)22-8-16(17,18)9-22;3-2(4,5)1(6)7/h10-12H,2-9H2,1H3;(H,6,7). The molecule has 0 bridgehead atoms. The summed E-state index contributed by atoms with van der Waals surface area (Å²) in [6.07, 6.45) is -1.50. The Morgan fingerprint density at radius 1 is 1.23 bits per heavy atom. The topological polar surface area (TPSA) is 87.9 Å². The number of fused-ring (bicyclic) bond motifs is 1. The van der Waals surface area contributed by atoms with E-state index in [1.165, 1.54) is 4.90 Å². The first-order valence-corrected chi connectivity index (χ1v) is 9.67. The number of carboxylic acid groups (broad SMARTS) is 1. The van der Waals surface area contributed by atoms with Crippen molar-refractivity contribution in [2.75, 3.05) is 32.8 Å². The number of nitrogens with zero attached hydrogens (tertiary/aromatic N) is 4. The third-order valence-corrected chi connectivity index (χ3v) is 5.57. The molecule has 1 atom stereocenters. The fraction of sp³-hybridized carbons (Fsp3) is 0.722. The quantitative estimate of drug-likeness (QED) is 0.684. The predicted molar refractivity (Wildman–Crippen MR) is 95.4 cm³/mol. The van der Waals surface area contributed by atoms with E-state index in [1.54, 1.807) is 6.33 Å². The van der Waals surface area contributed by atoms with Crippen molar-refractivity contribution < 1.29 is 41.4 Å². The van der Waals surface area contributed by atoms with Gasteiger partial charge in [0.1, 0.15) is 0 Å². The van der Waals surface area contributed by atoms with Gasteiger partial charge in [0.15, 0.2) is 0 Å². The molecule has 1 aromatic heterocycles. The summed E-state index contributed by atoms with van der Waals surface area (Å²) < 4.78 is 65.3. The summed E-state index contributed by atoms with van der Waals surface area (Å²) in [6, 6.07) is 0.363. The van der Waals surface area contributed by atoms with Crippen molar-refractivity contribution >= 4 is 11.9 Å². The molecule has 3 aliphatic heterocycles. The molecule has 1 N–H and O–H groups in total. The van der Waals surface area contributed by atoms with Crippen LogP contribution < -0.4 is 0 Å². The first kappa shape index (κ1) is 23.4. The zero-order chi connectivity index (χ0) is 23.0. The van der Waals surface area contributed by atoms with Gasteiger partial charge in [-0.25, -0.2) is 18.6 Å². The van der Waals surface area contributed by atoms with E-state index in [2.05, 4.69) is 9.88 Å². The number of imidazole rings is 1. The van der Waals surface area contributed by atoms with Gasteiger partial charge in [-0.1, -0.05) is 0 Å². The maximum absolute atomic E-state index is 13.2. The molecule has 174 valence electrons. The lowest BCUT2D eigenvalue weighted by atomic mass is 9.92.